The maximum Gasteiger partial charge on any atom is 0.302 e. The second-order valence-corrected chi connectivity index (χ2v) is 7.78. The van der Waals surface area contributed by atoms with Gasteiger partial charge in [0.15, 0.2) is 0 Å². The lowest BCUT2D eigenvalue weighted by Crippen LogP contribution is -2.41. The van der Waals surface area contributed by atoms with Crippen molar-refractivity contribution in [1.82, 2.24) is 0 Å². The zero-order chi connectivity index (χ0) is 17.8. The number of carbonyl (C=O) groups excluding carboxylic acids is 1. The Labute approximate surface area is 149 Å². The van der Waals surface area contributed by atoms with Crippen molar-refractivity contribution < 1.29 is 14.3 Å². The van der Waals surface area contributed by atoms with Crippen molar-refractivity contribution in [2.45, 2.75) is 59.0 Å². The van der Waals surface area contributed by atoms with Crippen LogP contribution in [-0.4, -0.2) is 19.2 Å². The van der Waals surface area contributed by atoms with Gasteiger partial charge in [0.25, 0.3) is 0 Å². The van der Waals surface area contributed by atoms with Gasteiger partial charge in [0.2, 0.25) is 0 Å². The Kier molecular flexibility index (Phi) is 3.78. The minimum atomic E-state index is -0.167. The second-order valence-electron chi connectivity index (χ2n) is 7.78. The number of esters is 1. The molecule has 0 aliphatic heterocycles. The molecule has 3 aliphatic rings. The maximum atomic E-state index is 11.6. The number of rotatable bonds is 2. The molecule has 1 aromatic rings. The lowest BCUT2D eigenvalue weighted by molar-refractivity contribution is -0.152. The summed E-state index contributed by atoms with van der Waals surface area (Å²) >= 11 is 0. The molecule has 0 saturated heterocycles. The molecule has 0 amide bonds. The van der Waals surface area contributed by atoms with Crippen molar-refractivity contribution in [2.24, 2.45) is 5.41 Å². The average Bonchev–Trinajstić information content (AvgIpc) is 2.96. The molecule has 0 unspecified atom stereocenters. The number of hydrogen-bond acceptors (Lipinski definition) is 3. The molecule has 0 heterocycles. The van der Waals surface area contributed by atoms with E-state index in [-0.39, 0.29) is 17.5 Å². The molecule has 1 aromatic carbocycles. The molecule has 0 aromatic heterocycles. The van der Waals surface area contributed by atoms with Crippen LogP contribution >= 0.6 is 0 Å². The van der Waals surface area contributed by atoms with Gasteiger partial charge in [-0.3, -0.25) is 4.79 Å². The summed E-state index contributed by atoms with van der Waals surface area (Å²) < 4.78 is 11.4. The number of carbonyl (C=O) groups is 1. The van der Waals surface area contributed by atoms with Crippen LogP contribution in [0, 0.1) is 12.3 Å². The van der Waals surface area contributed by atoms with Crippen molar-refractivity contribution in [3.05, 3.63) is 46.0 Å². The summed E-state index contributed by atoms with van der Waals surface area (Å²) in [5.41, 5.74) is 8.30. The number of hydrogen-bond donors (Lipinski definition) is 0. The van der Waals surface area contributed by atoms with Crippen molar-refractivity contribution in [1.29, 1.82) is 0 Å². The smallest absolute Gasteiger partial charge is 0.302 e. The Morgan fingerprint density at radius 1 is 1.28 bits per heavy atom. The van der Waals surface area contributed by atoms with Crippen molar-refractivity contribution in [3.8, 4) is 5.75 Å². The Bertz CT molecular complexity index is 815. The molecule has 3 aliphatic carbocycles. The first-order chi connectivity index (χ1) is 12.0. The van der Waals surface area contributed by atoms with Crippen LogP contribution in [0.4, 0.5) is 0 Å². The molecule has 0 radical (unpaired) electrons. The van der Waals surface area contributed by atoms with Gasteiger partial charge in [-0.25, -0.2) is 0 Å². The highest BCUT2D eigenvalue weighted by molar-refractivity contribution is 5.85. The minimum Gasteiger partial charge on any atom is -0.496 e. The fourth-order valence-corrected chi connectivity index (χ4v) is 5.07. The zero-order valence-corrected chi connectivity index (χ0v) is 15.6. The van der Waals surface area contributed by atoms with E-state index in [9.17, 15) is 4.79 Å². The van der Waals surface area contributed by atoms with Gasteiger partial charge in [0.05, 0.1) is 7.11 Å². The summed E-state index contributed by atoms with van der Waals surface area (Å²) in [4.78, 5) is 11.6. The predicted octanol–water partition coefficient (Wildman–Crippen LogP) is 4.77. The Hall–Kier alpha value is -2.03. The molecule has 4 rings (SSSR count). The van der Waals surface area contributed by atoms with Gasteiger partial charge in [-0.2, -0.15) is 0 Å². The maximum absolute atomic E-state index is 11.6. The second kappa shape index (κ2) is 5.76. The molecular weight excluding hydrogens is 312 g/mol. The average molecular weight is 338 g/mol. The lowest BCUT2D eigenvalue weighted by atomic mass is 9.62. The summed E-state index contributed by atoms with van der Waals surface area (Å²) in [5.74, 6) is 0.821. The third-order valence-corrected chi connectivity index (χ3v) is 6.38. The van der Waals surface area contributed by atoms with Gasteiger partial charge in [0.1, 0.15) is 11.9 Å². The van der Waals surface area contributed by atoms with Crippen LogP contribution in [-0.2, 0) is 16.0 Å². The van der Waals surface area contributed by atoms with E-state index in [1.165, 1.54) is 40.3 Å². The fraction of sp³-hybridized carbons (Fsp3) is 0.500. The van der Waals surface area contributed by atoms with E-state index >= 15 is 0 Å². The third kappa shape index (κ3) is 2.36. The molecule has 132 valence electrons. The van der Waals surface area contributed by atoms with Crippen molar-refractivity contribution in [3.63, 3.8) is 0 Å². The van der Waals surface area contributed by atoms with Crippen LogP contribution < -0.4 is 4.74 Å². The van der Waals surface area contributed by atoms with E-state index in [1.54, 1.807) is 7.11 Å². The first-order valence-electron chi connectivity index (χ1n) is 9.23. The minimum absolute atomic E-state index is 0.00856. The molecule has 3 heteroatoms. The van der Waals surface area contributed by atoms with E-state index in [0.29, 0.717) is 0 Å². The van der Waals surface area contributed by atoms with E-state index in [0.717, 1.165) is 37.9 Å². The van der Waals surface area contributed by atoms with Crippen LogP contribution in [0.25, 0.3) is 5.57 Å². The summed E-state index contributed by atoms with van der Waals surface area (Å²) in [6.45, 7) is 5.99. The molecule has 2 atom stereocenters. The van der Waals surface area contributed by atoms with Crippen molar-refractivity contribution >= 4 is 11.5 Å². The molecule has 25 heavy (non-hydrogen) atoms. The van der Waals surface area contributed by atoms with Gasteiger partial charge in [-0.1, -0.05) is 19.1 Å². The number of benzene rings is 1. The molecule has 0 spiro atoms. The quantitative estimate of drug-likeness (QED) is 0.729. The van der Waals surface area contributed by atoms with Gasteiger partial charge in [-0.15, -0.1) is 0 Å². The normalized spacial score (nSPS) is 27.2. The van der Waals surface area contributed by atoms with Crippen molar-refractivity contribution in [2.75, 3.05) is 7.11 Å². The topological polar surface area (TPSA) is 35.5 Å². The Morgan fingerprint density at radius 2 is 2.08 bits per heavy atom. The van der Waals surface area contributed by atoms with Crippen LogP contribution in [0.2, 0.25) is 0 Å². The largest absolute Gasteiger partial charge is 0.496 e. The van der Waals surface area contributed by atoms with E-state index in [2.05, 4.69) is 32.1 Å². The van der Waals surface area contributed by atoms with E-state index in [1.807, 2.05) is 0 Å². The summed E-state index contributed by atoms with van der Waals surface area (Å²) in [6.07, 6.45) is 7.30. The monoisotopic (exact) mass is 338 g/mol. The highest BCUT2D eigenvalue weighted by atomic mass is 16.5. The highest BCUT2D eigenvalue weighted by Gasteiger charge is 2.47. The van der Waals surface area contributed by atoms with Gasteiger partial charge in [0, 0.05) is 17.9 Å². The van der Waals surface area contributed by atoms with Crippen LogP contribution in [0.3, 0.4) is 0 Å². The van der Waals surface area contributed by atoms with Gasteiger partial charge < -0.3 is 9.47 Å². The zero-order valence-electron chi connectivity index (χ0n) is 15.6. The number of allylic oxidation sites excluding steroid dienone is 3. The first-order valence-corrected chi connectivity index (χ1v) is 9.23. The standard InChI is InChI=1S/C22H26O3/c1-13-8-9-19(24-4)21-15-10-11-22(3)18(17(15)12-16(13)21)6-5-7-20(22)25-14(2)23/h6,8-9,20H,5,7,10-12H2,1-4H3/t20-,22-/m0/s1. The van der Waals surface area contributed by atoms with Gasteiger partial charge in [-0.05, 0) is 72.9 Å². The van der Waals surface area contributed by atoms with Crippen LogP contribution in [0.15, 0.2) is 29.4 Å². The van der Waals surface area contributed by atoms with E-state index in [4.69, 9.17) is 9.47 Å². The number of fused-ring (bicyclic) bond motifs is 4. The molecule has 0 N–H and O–H groups in total. The molecule has 0 bridgehead atoms. The molecule has 0 fully saturated rings. The number of methoxy groups -OCH3 is 1. The fourth-order valence-electron chi connectivity index (χ4n) is 5.07. The molecular formula is C22H26O3. The predicted molar refractivity (Wildman–Crippen MR) is 98.6 cm³/mol. The highest BCUT2D eigenvalue weighted by Crippen LogP contribution is 2.57. The number of aryl methyl sites for hydroxylation is 1. The summed E-state index contributed by atoms with van der Waals surface area (Å²) in [5, 5.41) is 0. The third-order valence-electron chi connectivity index (χ3n) is 6.38. The van der Waals surface area contributed by atoms with Crippen LogP contribution in [0.1, 0.15) is 56.2 Å². The Balaban J connectivity index is 1.80. The Morgan fingerprint density at radius 3 is 2.80 bits per heavy atom. The summed E-state index contributed by atoms with van der Waals surface area (Å²) in [7, 11) is 1.76. The summed E-state index contributed by atoms with van der Waals surface area (Å²) in [6, 6.07) is 4.25. The molecule has 3 nitrogen and oxygen atoms in total. The van der Waals surface area contributed by atoms with E-state index < -0.39 is 0 Å². The van der Waals surface area contributed by atoms with Gasteiger partial charge >= 0.3 is 5.97 Å². The molecule has 0 saturated carbocycles. The lowest BCUT2D eigenvalue weighted by Gasteiger charge is -2.45. The SMILES string of the molecule is COc1ccc(C)c2c1C1=C(C2)C2=CCC[C@H](OC(C)=O)[C@@]2(C)CC1. The number of ether oxygens (including phenoxy) is 2. The van der Waals surface area contributed by atoms with Crippen LogP contribution in [0.5, 0.6) is 5.75 Å². The first kappa shape index (κ1) is 16.4.